The van der Waals surface area contributed by atoms with Crippen LogP contribution in [0.3, 0.4) is 0 Å². The van der Waals surface area contributed by atoms with Crippen molar-refractivity contribution < 1.29 is 4.74 Å². The number of hydrogen-bond acceptors (Lipinski definition) is 3. The van der Waals surface area contributed by atoms with E-state index in [0.717, 1.165) is 24.2 Å². The largest absolute Gasteiger partial charge is 0.490 e. The highest BCUT2D eigenvalue weighted by molar-refractivity contribution is 7.99. The van der Waals surface area contributed by atoms with Crippen LogP contribution in [0, 0.1) is 0 Å². The summed E-state index contributed by atoms with van der Waals surface area (Å²) in [5, 5.41) is 0. The first kappa shape index (κ1) is 12.5. The van der Waals surface area contributed by atoms with Crippen molar-refractivity contribution in [3.05, 3.63) is 35.9 Å². The van der Waals surface area contributed by atoms with Gasteiger partial charge in [-0.2, -0.15) is 11.8 Å². The Morgan fingerprint density at radius 3 is 2.82 bits per heavy atom. The second-order valence-electron chi connectivity index (χ2n) is 4.11. The minimum absolute atomic E-state index is 0.378. The van der Waals surface area contributed by atoms with Crippen LogP contribution in [0.2, 0.25) is 0 Å². The third kappa shape index (κ3) is 3.79. The summed E-state index contributed by atoms with van der Waals surface area (Å²) in [6.45, 7) is 0.564. The predicted molar refractivity (Wildman–Crippen MR) is 75.5 cm³/mol. The van der Waals surface area contributed by atoms with Gasteiger partial charge in [0.05, 0.1) is 0 Å². The molecule has 1 aromatic rings. The van der Waals surface area contributed by atoms with Gasteiger partial charge in [0.1, 0.15) is 11.9 Å². The Morgan fingerprint density at radius 2 is 2.06 bits per heavy atom. The highest BCUT2D eigenvalue weighted by atomic mass is 32.2. The molecule has 92 valence electrons. The molecule has 3 heteroatoms. The molecule has 1 saturated heterocycles. The van der Waals surface area contributed by atoms with E-state index in [4.69, 9.17) is 10.5 Å². The fourth-order valence-electron chi connectivity index (χ4n) is 1.89. The first-order chi connectivity index (χ1) is 8.40. The molecule has 0 amide bonds. The van der Waals surface area contributed by atoms with Crippen LogP contribution in [0.15, 0.2) is 30.3 Å². The summed E-state index contributed by atoms with van der Waals surface area (Å²) in [5.41, 5.74) is 6.60. The van der Waals surface area contributed by atoms with Crippen LogP contribution in [-0.4, -0.2) is 24.2 Å². The molecular weight excluding hydrogens is 230 g/mol. The van der Waals surface area contributed by atoms with Gasteiger partial charge in [0.25, 0.3) is 0 Å². The number of nitrogens with two attached hydrogens (primary N) is 1. The SMILES string of the molecule is NC/C=C/c1ccccc1OC1CCSCC1. The number of ether oxygens (including phenoxy) is 1. The van der Waals surface area contributed by atoms with E-state index in [-0.39, 0.29) is 0 Å². The summed E-state index contributed by atoms with van der Waals surface area (Å²) in [7, 11) is 0. The Bertz CT molecular complexity index is 372. The van der Waals surface area contributed by atoms with Crippen molar-refractivity contribution in [2.24, 2.45) is 5.73 Å². The van der Waals surface area contributed by atoms with Crippen LogP contribution in [0.25, 0.3) is 6.08 Å². The Labute approximate surface area is 107 Å². The first-order valence-corrected chi connectivity index (χ1v) is 7.25. The van der Waals surface area contributed by atoms with Crippen LogP contribution >= 0.6 is 11.8 Å². The average Bonchev–Trinajstić information content (AvgIpc) is 2.39. The van der Waals surface area contributed by atoms with Crippen molar-refractivity contribution in [1.29, 1.82) is 0 Å². The molecule has 1 aliphatic heterocycles. The fraction of sp³-hybridized carbons (Fsp3) is 0.429. The molecule has 2 nitrogen and oxygen atoms in total. The Balaban J connectivity index is 2.05. The summed E-state index contributed by atoms with van der Waals surface area (Å²) >= 11 is 2.02. The molecule has 2 N–H and O–H groups in total. The zero-order valence-corrected chi connectivity index (χ0v) is 10.8. The van der Waals surface area contributed by atoms with E-state index in [1.54, 1.807) is 0 Å². The lowest BCUT2D eigenvalue weighted by Crippen LogP contribution is -2.22. The predicted octanol–water partition coefficient (Wildman–Crippen LogP) is 2.93. The molecule has 1 heterocycles. The molecule has 0 aliphatic carbocycles. The molecule has 0 bridgehead atoms. The van der Waals surface area contributed by atoms with Crippen LogP contribution in [-0.2, 0) is 0 Å². The van der Waals surface area contributed by atoms with E-state index in [2.05, 4.69) is 6.07 Å². The highest BCUT2D eigenvalue weighted by Crippen LogP contribution is 2.26. The summed E-state index contributed by atoms with van der Waals surface area (Å²) < 4.78 is 6.08. The maximum absolute atomic E-state index is 6.08. The summed E-state index contributed by atoms with van der Waals surface area (Å²) in [4.78, 5) is 0. The zero-order valence-electron chi connectivity index (χ0n) is 9.97. The van der Waals surface area contributed by atoms with E-state index in [9.17, 15) is 0 Å². The minimum Gasteiger partial charge on any atom is -0.490 e. The van der Waals surface area contributed by atoms with Gasteiger partial charge < -0.3 is 10.5 Å². The molecule has 1 aromatic carbocycles. The number of hydrogen-bond donors (Lipinski definition) is 1. The number of para-hydroxylation sites is 1. The summed E-state index contributed by atoms with van der Waals surface area (Å²) in [6.07, 6.45) is 6.68. The highest BCUT2D eigenvalue weighted by Gasteiger charge is 2.15. The fourth-order valence-corrected chi connectivity index (χ4v) is 2.96. The Morgan fingerprint density at radius 1 is 1.29 bits per heavy atom. The Hall–Kier alpha value is -0.930. The van der Waals surface area contributed by atoms with E-state index >= 15 is 0 Å². The average molecular weight is 249 g/mol. The molecule has 0 radical (unpaired) electrons. The van der Waals surface area contributed by atoms with Crippen molar-refractivity contribution in [2.45, 2.75) is 18.9 Å². The van der Waals surface area contributed by atoms with Crippen molar-refractivity contribution >= 4 is 17.8 Å². The van der Waals surface area contributed by atoms with Crippen molar-refractivity contribution in [3.8, 4) is 5.75 Å². The molecule has 0 aromatic heterocycles. The van der Waals surface area contributed by atoms with E-state index in [1.165, 1.54) is 11.5 Å². The van der Waals surface area contributed by atoms with Crippen molar-refractivity contribution in [2.75, 3.05) is 18.1 Å². The zero-order chi connectivity index (χ0) is 11.9. The Kier molecular flexibility index (Phi) is 4.95. The maximum Gasteiger partial charge on any atom is 0.126 e. The first-order valence-electron chi connectivity index (χ1n) is 6.10. The summed E-state index contributed by atoms with van der Waals surface area (Å²) in [5.74, 6) is 3.41. The lowest BCUT2D eigenvalue weighted by Gasteiger charge is -2.23. The molecule has 0 saturated carbocycles. The van der Waals surface area contributed by atoms with Gasteiger partial charge in [-0.05, 0) is 30.4 Å². The van der Waals surface area contributed by atoms with Crippen LogP contribution in [0.1, 0.15) is 18.4 Å². The van der Waals surface area contributed by atoms with Crippen LogP contribution in [0.5, 0.6) is 5.75 Å². The lowest BCUT2D eigenvalue weighted by atomic mass is 10.1. The molecule has 0 atom stereocenters. The van der Waals surface area contributed by atoms with Gasteiger partial charge in [0, 0.05) is 12.1 Å². The standard InChI is InChI=1S/C14H19NOS/c15-9-3-5-12-4-1-2-6-14(12)16-13-7-10-17-11-8-13/h1-6,13H,7-11,15H2/b5-3+. The molecule has 2 rings (SSSR count). The number of benzene rings is 1. The van der Waals surface area contributed by atoms with Gasteiger partial charge in [-0.1, -0.05) is 30.4 Å². The van der Waals surface area contributed by atoms with Gasteiger partial charge >= 0.3 is 0 Å². The van der Waals surface area contributed by atoms with Gasteiger partial charge in [-0.15, -0.1) is 0 Å². The van der Waals surface area contributed by atoms with Gasteiger partial charge in [0.15, 0.2) is 0 Å². The van der Waals surface area contributed by atoms with Crippen LogP contribution in [0.4, 0.5) is 0 Å². The van der Waals surface area contributed by atoms with Gasteiger partial charge in [-0.25, -0.2) is 0 Å². The van der Waals surface area contributed by atoms with Crippen LogP contribution < -0.4 is 10.5 Å². The monoisotopic (exact) mass is 249 g/mol. The normalized spacial score (nSPS) is 17.5. The van der Waals surface area contributed by atoms with Gasteiger partial charge in [-0.3, -0.25) is 0 Å². The number of thioether (sulfide) groups is 1. The quantitative estimate of drug-likeness (QED) is 0.891. The molecule has 1 fully saturated rings. The molecule has 0 spiro atoms. The van der Waals surface area contributed by atoms with Crippen molar-refractivity contribution in [1.82, 2.24) is 0 Å². The molecular formula is C14H19NOS. The topological polar surface area (TPSA) is 35.2 Å². The summed E-state index contributed by atoms with van der Waals surface area (Å²) in [6, 6.07) is 8.16. The maximum atomic E-state index is 6.08. The lowest BCUT2D eigenvalue weighted by molar-refractivity contribution is 0.192. The van der Waals surface area contributed by atoms with Gasteiger partial charge in [0.2, 0.25) is 0 Å². The third-order valence-corrected chi connectivity index (χ3v) is 3.86. The second kappa shape index (κ2) is 6.72. The third-order valence-electron chi connectivity index (χ3n) is 2.81. The van der Waals surface area contributed by atoms with Crippen molar-refractivity contribution in [3.63, 3.8) is 0 Å². The van der Waals surface area contributed by atoms with E-state index < -0.39 is 0 Å². The molecule has 1 aliphatic rings. The minimum atomic E-state index is 0.378. The second-order valence-corrected chi connectivity index (χ2v) is 5.33. The van der Waals surface area contributed by atoms with E-state index in [1.807, 2.05) is 42.1 Å². The molecule has 17 heavy (non-hydrogen) atoms. The smallest absolute Gasteiger partial charge is 0.126 e. The van der Waals surface area contributed by atoms with E-state index in [0.29, 0.717) is 12.6 Å². The molecule has 0 unspecified atom stereocenters. The number of rotatable bonds is 4.